The van der Waals surface area contributed by atoms with Crippen molar-refractivity contribution in [2.75, 3.05) is 38.2 Å². The van der Waals surface area contributed by atoms with Crippen LogP contribution >= 0.6 is 0 Å². The van der Waals surface area contributed by atoms with Crippen molar-refractivity contribution >= 4 is 16.5 Å². The third kappa shape index (κ3) is 4.25. The van der Waals surface area contributed by atoms with Crippen LogP contribution in [0, 0.1) is 0 Å². The van der Waals surface area contributed by atoms with E-state index in [2.05, 4.69) is 51.6 Å². The number of nitrogens with zero attached hydrogens (tertiary/aromatic N) is 2. The molecule has 0 unspecified atom stereocenters. The summed E-state index contributed by atoms with van der Waals surface area (Å²) in [5.41, 5.74) is 4.24. The number of aromatic nitrogens is 1. The Labute approximate surface area is 188 Å². The summed E-state index contributed by atoms with van der Waals surface area (Å²) < 4.78 is 11.8. The van der Waals surface area contributed by atoms with Crippen LogP contribution in [0.4, 0.5) is 5.69 Å². The summed E-state index contributed by atoms with van der Waals surface area (Å²) in [5, 5.41) is 5.88. The summed E-state index contributed by atoms with van der Waals surface area (Å²) in [6.45, 7) is 4.48. The number of nitrogens with one attached hydrogen (secondary N) is 1. The number of benzene rings is 3. The van der Waals surface area contributed by atoms with Crippen LogP contribution in [0.15, 0.2) is 79.0 Å². The fourth-order valence-electron chi connectivity index (χ4n) is 4.25. The van der Waals surface area contributed by atoms with E-state index in [4.69, 9.17) is 9.47 Å². The molecule has 1 fully saturated rings. The van der Waals surface area contributed by atoms with Crippen LogP contribution in [0.1, 0.15) is 5.56 Å². The Morgan fingerprint density at radius 2 is 1.84 bits per heavy atom. The van der Waals surface area contributed by atoms with Gasteiger partial charge in [-0.1, -0.05) is 24.3 Å². The van der Waals surface area contributed by atoms with E-state index in [9.17, 15) is 0 Å². The number of anilines is 1. The monoisotopic (exact) mass is 425 g/mol. The lowest BCUT2D eigenvalue weighted by Crippen LogP contribution is -2.43. The molecule has 4 aromatic rings. The van der Waals surface area contributed by atoms with Crippen molar-refractivity contribution in [2.24, 2.45) is 0 Å². The normalized spacial score (nSPS) is 13.8. The van der Waals surface area contributed by atoms with Crippen molar-refractivity contribution in [3.8, 4) is 22.8 Å². The molecule has 1 aliphatic rings. The third-order valence-electron chi connectivity index (χ3n) is 5.92. The zero-order valence-electron chi connectivity index (χ0n) is 18.3. The van der Waals surface area contributed by atoms with Crippen molar-refractivity contribution in [3.05, 3.63) is 84.6 Å². The molecule has 1 N–H and O–H groups in total. The predicted molar refractivity (Wildman–Crippen MR) is 130 cm³/mol. The van der Waals surface area contributed by atoms with Gasteiger partial charge in [0.15, 0.2) is 0 Å². The minimum Gasteiger partial charge on any atom is -0.496 e. The molecule has 2 heterocycles. The third-order valence-corrected chi connectivity index (χ3v) is 5.92. The maximum absolute atomic E-state index is 6.24. The fraction of sp³-hybridized carbons (Fsp3) is 0.222. The zero-order chi connectivity index (χ0) is 21.8. The Balaban J connectivity index is 1.41. The van der Waals surface area contributed by atoms with E-state index in [1.54, 1.807) is 13.3 Å². The Morgan fingerprint density at radius 1 is 0.938 bits per heavy atom. The fourth-order valence-corrected chi connectivity index (χ4v) is 4.25. The molecule has 162 valence electrons. The SMILES string of the molecule is COc1ccc(-c2ccccn2)cc1COc1ccc2cccc(N3CCNCC3)c2c1. The molecule has 5 rings (SSSR count). The highest BCUT2D eigenvalue weighted by Crippen LogP contribution is 2.32. The van der Waals surface area contributed by atoms with Crippen LogP contribution in [0.3, 0.4) is 0 Å². The van der Waals surface area contributed by atoms with Gasteiger partial charge in [-0.05, 0) is 53.9 Å². The first kappa shape index (κ1) is 20.3. The highest BCUT2D eigenvalue weighted by Gasteiger charge is 2.14. The number of hydrogen-bond acceptors (Lipinski definition) is 5. The first-order chi connectivity index (χ1) is 15.8. The maximum atomic E-state index is 6.24. The molecular formula is C27H27N3O2. The molecular weight excluding hydrogens is 398 g/mol. The number of ether oxygens (including phenoxy) is 2. The van der Waals surface area contributed by atoms with Crippen LogP contribution in [0.2, 0.25) is 0 Å². The minimum absolute atomic E-state index is 0.422. The van der Waals surface area contributed by atoms with E-state index < -0.39 is 0 Å². The highest BCUT2D eigenvalue weighted by atomic mass is 16.5. The van der Waals surface area contributed by atoms with Crippen LogP contribution in [0.25, 0.3) is 22.0 Å². The smallest absolute Gasteiger partial charge is 0.125 e. The van der Waals surface area contributed by atoms with Crippen molar-refractivity contribution in [1.29, 1.82) is 0 Å². The lowest BCUT2D eigenvalue weighted by molar-refractivity contribution is 0.297. The lowest BCUT2D eigenvalue weighted by Gasteiger charge is -2.30. The lowest BCUT2D eigenvalue weighted by atomic mass is 10.1. The molecule has 0 spiro atoms. The summed E-state index contributed by atoms with van der Waals surface area (Å²) in [7, 11) is 1.69. The number of piperazine rings is 1. The van der Waals surface area contributed by atoms with Gasteiger partial charge in [0.25, 0.3) is 0 Å². The van der Waals surface area contributed by atoms with Gasteiger partial charge in [-0.3, -0.25) is 4.98 Å². The molecule has 0 bridgehead atoms. The molecule has 0 aliphatic carbocycles. The van der Waals surface area contributed by atoms with Crippen LogP contribution in [-0.2, 0) is 6.61 Å². The Morgan fingerprint density at radius 3 is 2.66 bits per heavy atom. The van der Waals surface area contributed by atoms with Crippen molar-refractivity contribution in [2.45, 2.75) is 6.61 Å². The average Bonchev–Trinajstić information content (AvgIpc) is 2.88. The zero-order valence-corrected chi connectivity index (χ0v) is 18.3. The van der Waals surface area contributed by atoms with Gasteiger partial charge < -0.3 is 19.7 Å². The van der Waals surface area contributed by atoms with E-state index in [1.807, 2.05) is 36.4 Å². The van der Waals surface area contributed by atoms with Gasteiger partial charge in [0.1, 0.15) is 18.1 Å². The molecule has 3 aromatic carbocycles. The number of methoxy groups -OCH3 is 1. The Kier molecular flexibility index (Phi) is 5.90. The van der Waals surface area contributed by atoms with E-state index in [1.165, 1.54) is 16.5 Å². The highest BCUT2D eigenvalue weighted by molar-refractivity contribution is 5.95. The molecule has 1 aliphatic heterocycles. The average molecular weight is 426 g/mol. The summed E-state index contributed by atoms with van der Waals surface area (Å²) in [5.74, 6) is 1.66. The van der Waals surface area contributed by atoms with Crippen molar-refractivity contribution < 1.29 is 9.47 Å². The molecule has 0 atom stereocenters. The summed E-state index contributed by atoms with van der Waals surface area (Å²) in [6.07, 6.45) is 1.81. The number of fused-ring (bicyclic) bond motifs is 1. The van der Waals surface area contributed by atoms with Crippen LogP contribution < -0.4 is 19.7 Å². The molecule has 0 radical (unpaired) electrons. The molecule has 1 saturated heterocycles. The predicted octanol–water partition coefficient (Wildman–Crippen LogP) is 4.90. The first-order valence-corrected chi connectivity index (χ1v) is 11.0. The maximum Gasteiger partial charge on any atom is 0.125 e. The molecule has 5 nitrogen and oxygen atoms in total. The van der Waals surface area contributed by atoms with Gasteiger partial charge in [-0.2, -0.15) is 0 Å². The van der Waals surface area contributed by atoms with Gasteiger partial charge in [-0.15, -0.1) is 0 Å². The summed E-state index contributed by atoms with van der Waals surface area (Å²) in [6, 6.07) is 24.8. The van der Waals surface area contributed by atoms with Gasteiger partial charge in [-0.25, -0.2) is 0 Å². The molecule has 5 heteroatoms. The molecule has 32 heavy (non-hydrogen) atoms. The number of rotatable bonds is 6. The second-order valence-corrected chi connectivity index (χ2v) is 7.93. The van der Waals surface area contributed by atoms with Crippen molar-refractivity contribution in [1.82, 2.24) is 10.3 Å². The van der Waals surface area contributed by atoms with Gasteiger partial charge in [0.2, 0.25) is 0 Å². The quantitative estimate of drug-likeness (QED) is 0.476. The van der Waals surface area contributed by atoms with E-state index in [-0.39, 0.29) is 0 Å². The second-order valence-electron chi connectivity index (χ2n) is 7.93. The molecule has 0 saturated carbocycles. The van der Waals surface area contributed by atoms with E-state index in [0.717, 1.165) is 54.5 Å². The van der Waals surface area contributed by atoms with Crippen LogP contribution in [0.5, 0.6) is 11.5 Å². The van der Waals surface area contributed by atoms with Gasteiger partial charge in [0, 0.05) is 54.6 Å². The van der Waals surface area contributed by atoms with Gasteiger partial charge >= 0.3 is 0 Å². The number of pyridine rings is 1. The Hall–Kier alpha value is -3.57. The second kappa shape index (κ2) is 9.28. The topological polar surface area (TPSA) is 46.6 Å². The summed E-state index contributed by atoms with van der Waals surface area (Å²) >= 11 is 0. The molecule has 1 aromatic heterocycles. The molecule has 0 amide bonds. The van der Waals surface area contributed by atoms with E-state index >= 15 is 0 Å². The van der Waals surface area contributed by atoms with Crippen LogP contribution in [-0.4, -0.2) is 38.3 Å². The first-order valence-electron chi connectivity index (χ1n) is 11.0. The minimum atomic E-state index is 0.422. The Bertz CT molecular complexity index is 1200. The standard InChI is InChI=1S/C27H27N3O2/c1-31-27-11-9-21(25-6-2-3-12-29-25)17-22(27)19-32-23-10-8-20-5-4-7-26(24(20)18-23)30-15-13-28-14-16-30/h2-12,17-18,28H,13-16,19H2,1H3. The van der Waals surface area contributed by atoms with Gasteiger partial charge in [0.05, 0.1) is 12.8 Å². The number of hydrogen-bond donors (Lipinski definition) is 1. The van der Waals surface area contributed by atoms with Crippen molar-refractivity contribution in [3.63, 3.8) is 0 Å². The summed E-state index contributed by atoms with van der Waals surface area (Å²) in [4.78, 5) is 6.91. The largest absolute Gasteiger partial charge is 0.496 e. The van der Waals surface area contributed by atoms with E-state index in [0.29, 0.717) is 6.61 Å².